The van der Waals surface area contributed by atoms with E-state index in [2.05, 4.69) is 16.0 Å². The maximum absolute atomic E-state index is 13.5. The van der Waals surface area contributed by atoms with Gasteiger partial charge in [0.15, 0.2) is 0 Å². The average Bonchev–Trinajstić information content (AvgIpc) is 2.87. The molecule has 2 aliphatic heterocycles. The number of rotatable bonds is 4. The number of benzene rings is 2. The molecule has 0 saturated carbocycles. The Hall–Kier alpha value is -3.26. The first kappa shape index (κ1) is 22.9. The Kier molecular flexibility index (Phi) is 6.47. The molecule has 0 radical (unpaired) electrons. The Bertz CT molecular complexity index is 1100. The molecule has 9 heteroatoms. The Balaban J connectivity index is 1.60. The molecule has 1 fully saturated rings. The third-order valence-electron chi connectivity index (χ3n) is 5.90. The van der Waals surface area contributed by atoms with Crippen molar-refractivity contribution in [3.8, 4) is 16.9 Å². The number of anilines is 1. The molecule has 0 spiro atoms. The van der Waals surface area contributed by atoms with Crippen molar-refractivity contribution in [1.82, 2.24) is 15.5 Å². The normalized spacial score (nSPS) is 19.8. The van der Waals surface area contributed by atoms with Crippen molar-refractivity contribution < 1.29 is 19.1 Å². The third kappa shape index (κ3) is 4.75. The fourth-order valence-corrected chi connectivity index (χ4v) is 4.52. The summed E-state index contributed by atoms with van der Waals surface area (Å²) in [5.74, 6) is 0.154. The second-order valence-corrected chi connectivity index (χ2v) is 9.04. The fraction of sp³-hybridized carbons (Fsp3) is 0.375. The molecule has 2 aliphatic rings. The summed E-state index contributed by atoms with van der Waals surface area (Å²) in [5, 5.41) is 9.15. The van der Waals surface area contributed by atoms with Gasteiger partial charge in [-0.05, 0) is 62.6 Å². The van der Waals surface area contributed by atoms with Gasteiger partial charge in [-0.2, -0.15) is 0 Å². The smallest absolute Gasteiger partial charge is 0.315 e. The van der Waals surface area contributed by atoms with E-state index in [4.69, 9.17) is 16.3 Å². The molecule has 8 nitrogen and oxygen atoms in total. The molecule has 3 N–H and O–H groups in total. The Morgan fingerprint density at radius 2 is 1.97 bits per heavy atom. The maximum atomic E-state index is 13.5. The van der Waals surface area contributed by atoms with Crippen molar-refractivity contribution in [3.05, 3.63) is 47.0 Å². The molecule has 1 saturated heterocycles. The van der Waals surface area contributed by atoms with Crippen LogP contribution in [0.25, 0.3) is 11.1 Å². The van der Waals surface area contributed by atoms with E-state index in [0.717, 1.165) is 11.1 Å². The summed E-state index contributed by atoms with van der Waals surface area (Å²) in [5.41, 5.74) is 2.39. The number of nitrogens with zero attached hydrogens (tertiary/aromatic N) is 1. The van der Waals surface area contributed by atoms with Crippen molar-refractivity contribution in [2.45, 2.75) is 44.8 Å². The Labute approximate surface area is 197 Å². The van der Waals surface area contributed by atoms with Crippen LogP contribution in [0.2, 0.25) is 5.02 Å². The minimum absolute atomic E-state index is 0.00895. The van der Waals surface area contributed by atoms with Crippen LogP contribution in [0.15, 0.2) is 36.4 Å². The van der Waals surface area contributed by atoms with Gasteiger partial charge < -0.3 is 25.6 Å². The molecule has 2 atom stereocenters. The predicted octanol–water partition coefficient (Wildman–Crippen LogP) is 3.65. The number of nitrogens with one attached hydrogen (secondary N) is 3. The molecule has 2 aromatic rings. The van der Waals surface area contributed by atoms with Crippen molar-refractivity contribution in [2.24, 2.45) is 0 Å². The number of ether oxygens (including phenoxy) is 1. The SMILES string of the molecule is COc1ccc(Cl)cc1-c1ccc2c(c1)C(=O)N1CC[C@H](NC(=O)NC(C)C)C[C@H]1C(=O)N2. The number of piperidine rings is 1. The number of hydrogen-bond donors (Lipinski definition) is 3. The van der Waals surface area contributed by atoms with E-state index >= 15 is 0 Å². The van der Waals surface area contributed by atoms with E-state index in [9.17, 15) is 14.4 Å². The van der Waals surface area contributed by atoms with E-state index in [0.29, 0.717) is 41.4 Å². The average molecular weight is 471 g/mol. The molecule has 33 heavy (non-hydrogen) atoms. The first-order valence-corrected chi connectivity index (χ1v) is 11.3. The number of carbonyl (C=O) groups is 3. The lowest BCUT2D eigenvalue weighted by Crippen LogP contribution is -2.56. The Morgan fingerprint density at radius 3 is 2.70 bits per heavy atom. The van der Waals surface area contributed by atoms with Gasteiger partial charge in [-0.1, -0.05) is 17.7 Å². The van der Waals surface area contributed by atoms with E-state index in [-0.39, 0.29) is 29.9 Å². The van der Waals surface area contributed by atoms with E-state index in [1.165, 1.54) is 0 Å². The molecule has 2 aromatic carbocycles. The first-order valence-electron chi connectivity index (χ1n) is 10.9. The fourth-order valence-electron chi connectivity index (χ4n) is 4.35. The van der Waals surface area contributed by atoms with Crippen LogP contribution in [0.1, 0.15) is 37.0 Å². The summed E-state index contributed by atoms with van der Waals surface area (Å²) >= 11 is 6.19. The standard InChI is InChI=1S/C24H27ClN4O4/c1-13(2)26-24(32)27-16-8-9-29-20(12-16)22(30)28-19-6-4-14(10-18(19)23(29)31)17-11-15(25)5-7-21(17)33-3/h4-7,10-11,13,16,20H,8-9,12H2,1-3H3,(H,28,30)(H2,26,27,32)/t16-,20-/m0/s1. The number of urea groups is 1. The molecule has 2 heterocycles. The number of fused-ring (bicyclic) bond motifs is 2. The van der Waals surface area contributed by atoms with Crippen molar-refractivity contribution in [2.75, 3.05) is 19.0 Å². The summed E-state index contributed by atoms with van der Waals surface area (Å²) in [6.07, 6.45) is 0.921. The summed E-state index contributed by atoms with van der Waals surface area (Å²) in [6, 6.07) is 9.49. The monoisotopic (exact) mass is 470 g/mol. The highest BCUT2D eigenvalue weighted by molar-refractivity contribution is 6.31. The summed E-state index contributed by atoms with van der Waals surface area (Å²) in [6.45, 7) is 4.13. The molecular weight excluding hydrogens is 444 g/mol. The highest BCUT2D eigenvalue weighted by Crippen LogP contribution is 2.36. The van der Waals surface area contributed by atoms with Gasteiger partial charge >= 0.3 is 6.03 Å². The first-order chi connectivity index (χ1) is 15.8. The topological polar surface area (TPSA) is 99.8 Å². The lowest BCUT2D eigenvalue weighted by Gasteiger charge is -2.37. The largest absolute Gasteiger partial charge is 0.496 e. The van der Waals surface area contributed by atoms with Crippen molar-refractivity contribution >= 4 is 35.1 Å². The number of amides is 4. The van der Waals surface area contributed by atoms with E-state index in [1.54, 1.807) is 42.3 Å². The zero-order chi connectivity index (χ0) is 23.7. The highest BCUT2D eigenvalue weighted by Gasteiger charge is 2.40. The van der Waals surface area contributed by atoms with Gasteiger partial charge in [-0.25, -0.2) is 4.79 Å². The molecule has 0 aromatic heterocycles. The molecular formula is C24H27ClN4O4. The zero-order valence-electron chi connectivity index (χ0n) is 18.8. The Morgan fingerprint density at radius 1 is 1.18 bits per heavy atom. The van der Waals surface area contributed by atoms with Crippen LogP contribution < -0.4 is 20.7 Å². The summed E-state index contributed by atoms with van der Waals surface area (Å²) in [4.78, 5) is 40.2. The second kappa shape index (κ2) is 9.31. The summed E-state index contributed by atoms with van der Waals surface area (Å²) in [7, 11) is 1.58. The minimum Gasteiger partial charge on any atom is -0.496 e. The van der Waals surface area contributed by atoms with Gasteiger partial charge in [0.2, 0.25) is 5.91 Å². The maximum Gasteiger partial charge on any atom is 0.315 e. The van der Waals surface area contributed by atoms with Crippen LogP contribution >= 0.6 is 11.6 Å². The van der Waals surface area contributed by atoms with Gasteiger partial charge in [-0.15, -0.1) is 0 Å². The number of hydrogen-bond acceptors (Lipinski definition) is 4. The van der Waals surface area contributed by atoms with Gasteiger partial charge in [0.1, 0.15) is 11.8 Å². The van der Waals surface area contributed by atoms with E-state index in [1.807, 2.05) is 19.9 Å². The lowest BCUT2D eigenvalue weighted by atomic mass is 9.96. The predicted molar refractivity (Wildman–Crippen MR) is 127 cm³/mol. The molecule has 4 rings (SSSR count). The third-order valence-corrected chi connectivity index (χ3v) is 6.14. The highest BCUT2D eigenvalue weighted by atomic mass is 35.5. The van der Waals surface area contributed by atoms with Gasteiger partial charge in [-0.3, -0.25) is 9.59 Å². The molecule has 174 valence electrons. The van der Waals surface area contributed by atoms with Crippen LogP contribution in [0, 0.1) is 0 Å². The molecule has 0 aliphatic carbocycles. The van der Waals surface area contributed by atoms with Crippen LogP contribution in [0.4, 0.5) is 10.5 Å². The molecule has 4 amide bonds. The molecule has 0 bridgehead atoms. The quantitative estimate of drug-likeness (QED) is 0.635. The number of halogens is 1. The summed E-state index contributed by atoms with van der Waals surface area (Å²) < 4.78 is 5.46. The van der Waals surface area contributed by atoms with E-state index < -0.39 is 6.04 Å². The second-order valence-electron chi connectivity index (χ2n) is 8.60. The van der Waals surface area contributed by atoms with Crippen LogP contribution in [-0.2, 0) is 4.79 Å². The van der Waals surface area contributed by atoms with Crippen LogP contribution in [0.3, 0.4) is 0 Å². The number of methoxy groups -OCH3 is 1. The van der Waals surface area contributed by atoms with Gasteiger partial charge in [0.25, 0.3) is 5.91 Å². The van der Waals surface area contributed by atoms with Crippen LogP contribution in [0.5, 0.6) is 5.75 Å². The number of carbonyl (C=O) groups excluding carboxylic acids is 3. The lowest BCUT2D eigenvalue weighted by molar-refractivity contribution is -0.121. The van der Waals surface area contributed by atoms with Crippen molar-refractivity contribution in [3.63, 3.8) is 0 Å². The van der Waals surface area contributed by atoms with Gasteiger partial charge in [0, 0.05) is 29.2 Å². The minimum atomic E-state index is -0.660. The molecule has 0 unspecified atom stereocenters. The van der Waals surface area contributed by atoms with Crippen molar-refractivity contribution in [1.29, 1.82) is 0 Å². The zero-order valence-corrected chi connectivity index (χ0v) is 19.5. The van der Waals surface area contributed by atoms with Crippen LogP contribution in [-0.4, -0.2) is 54.5 Å². The van der Waals surface area contributed by atoms with Gasteiger partial charge in [0.05, 0.1) is 18.4 Å².